The van der Waals surface area contributed by atoms with E-state index in [1.54, 1.807) is 16.5 Å². The summed E-state index contributed by atoms with van der Waals surface area (Å²) in [6.45, 7) is 4.00. The van der Waals surface area contributed by atoms with Crippen molar-refractivity contribution in [2.75, 3.05) is 31.1 Å². The van der Waals surface area contributed by atoms with Crippen molar-refractivity contribution in [1.82, 2.24) is 20.2 Å². The second kappa shape index (κ2) is 5.87. The van der Waals surface area contributed by atoms with Crippen molar-refractivity contribution in [3.05, 3.63) is 16.4 Å². The zero-order chi connectivity index (χ0) is 14.7. The lowest BCUT2D eigenvalue weighted by molar-refractivity contribution is -0.388. The fourth-order valence-electron chi connectivity index (χ4n) is 2.36. The number of carbonyl (C=O) groups excluding carboxylic acids is 1. The Morgan fingerprint density at radius 2 is 2.45 bits per heavy atom. The largest absolute Gasteiger partial charge is 0.406 e. The molecule has 1 aliphatic rings. The van der Waals surface area contributed by atoms with Gasteiger partial charge in [-0.05, 0) is 16.8 Å². The number of piperazine rings is 1. The number of hydrogen-bond acceptors (Lipinski definition) is 6. The highest BCUT2D eigenvalue weighted by Crippen LogP contribution is 2.28. The van der Waals surface area contributed by atoms with Gasteiger partial charge in [0, 0.05) is 33.2 Å². The fourth-order valence-corrected chi connectivity index (χ4v) is 2.36. The lowest BCUT2D eigenvalue weighted by Gasteiger charge is -2.35. The summed E-state index contributed by atoms with van der Waals surface area (Å²) in [5, 5.41) is 17.0. The van der Waals surface area contributed by atoms with Crippen LogP contribution in [0.25, 0.3) is 0 Å². The van der Waals surface area contributed by atoms with Gasteiger partial charge in [-0.2, -0.15) is 0 Å². The maximum absolute atomic E-state index is 12.1. The number of aryl methyl sites for hydroxylation is 1. The first-order valence-electron chi connectivity index (χ1n) is 6.47. The zero-order valence-electron chi connectivity index (χ0n) is 11.5. The molecule has 1 atom stereocenters. The number of nitrogens with zero attached hydrogens (tertiary/aromatic N) is 4. The van der Waals surface area contributed by atoms with Crippen molar-refractivity contribution >= 4 is 17.5 Å². The van der Waals surface area contributed by atoms with Crippen LogP contribution in [0.1, 0.15) is 6.92 Å². The molecule has 0 saturated carbocycles. The summed E-state index contributed by atoms with van der Waals surface area (Å²) in [5.41, 5.74) is 0. The van der Waals surface area contributed by atoms with E-state index in [0.29, 0.717) is 32.0 Å². The Bertz CT molecular complexity index is 514. The topological polar surface area (TPSA) is 105 Å². The van der Waals surface area contributed by atoms with E-state index in [-0.39, 0.29) is 11.7 Å². The van der Waals surface area contributed by atoms with Crippen molar-refractivity contribution in [3.63, 3.8) is 0 Å². The number of imidazole rings is 1. The third kappa shape index (κ3) is 2.57. The van der Waals surface area contributed by atoms with E-state index in [1.807, 2.05) is 6.92 Å². The monoisotopic (exact) mass is 282 g/mol. The lowest BCUT2D eigenvalue weighted by atomic mass is 10.1. The Balaban J connectivity index is 2.35. The molecule has 2 N–H and O–H groups in total. The highest BCUT2D eigenvalue weighted by molar-refractivity contribution is 5.86. The molecule has 1 aromatic heterocycles. The van der Waals surface area contributed by atoms with Crippen molar-refractivity contribution in [2.45, 2.75) is 13.0 Å². The van der Waals surface area contributed by atoms with Gasteiger partial charge in [-0.25, -0.2) is 0 Å². The van der Waals surface area contributed by atoms with E-state index in [9.17, 15) is 14.9 Å². The molecule has 2 heterocycles. The number of nitrogens with one attached hydrogen (secondary N) is 2. The fraction of sp³-hybridized carbons (Fsp3) is 0.636. The van der Waals surface area contributed by atoms with Crippen LogP contribution in [-0.4, -0.2) is 52.6 Å². The Labute approximate surface area is 116 Å². The van der Waals surface area contributed by atoms with Crippen molar-refractivity contribution < 1.29 is 9.72 Å². The molecule has 110 valence electrons. The SMILES string of the molecule is CCNC(=O)C1CNCCN1c1c([N+](=O)[O-])ncn1C. The van der Waals surface area contributed by atoms with Crippen LogP contribution in [-0.2, 0) is 11.8 Å². The molecule has 1 saturated heterocycles. The maximum atomic E-state index is 12.1. The molecule has 1 aromatic rings. The minimum atomic E-state index is -0.522. The summed E-state index contributed by atoms with van der Waals surface area (Å²) in [6, 6.07) is -0.474. The predicted octanol–water partition coefficient (Wildman–Crippen LogP) is -0.757. The summed E-state index contributed by atoms with van der Waals surface area (Å²) in [6.07, 6.45) is 1.39. The van der Waals surface area contributed by atoms with E-state index in [0.717, 1.165) is 0 Å². The van der Waals surface area contributed by atoms with Crippen molar-refractivity contribution in [2.24, 2.45) is 7.05 Å². The van der Waals surface area contributed by atoms with Crippen LogP contribution in [0, 0.1) is 10.1 Å². The van der Waals surface area contributed by atoms with Crippen LogP contribution >= 0.6 is 0 Å². The molecule has 2 rings (SSSR count). The van der Waals surface area contributed by atoms with Gasteiger partial charge in [0.1, 0.15) is 6.04 Å². The Kier molecular flexibility index (Phi) is 4.18. The van der Waals surface area contributed by atoms with Gasteiger partial charge in [-0.1, -0.05) is 0 Å². The van der Waals surface area contributed by atoms with Gasteiger partial charge in [0.15, 0.2) is 0 Å². The summed E-state index contributed by atoms with van der Waals surface area (Å²) in [5.74, 6) is 0.00616. The molecule has 0 bridgehead atoms. The summed E-state index contributed by atoms with van der Waals surface area (Å²) >= 11 is 0. The van der Waals surface area contributed by atoms with Gasteiger partial charge in [0.25, 0.3) is 0 Å². The molecule has 9 nitrogen and oxygen atoms in total. The van der Waals surface area contributed by atoms with E-state index >= 15 is 0 Å². The number of nitro groups is 1. The Morgan fingerprint density at radius 1 is 1.70 bits per heavy atom. The minimum Gasteiger partial charge on any atom is -0.358 e. The van der Waals surface area contributed by atoms with Crippen molar-refractivity contribution in [1.29, 1.82) is 0 Å². The third-order valence-electron chi connectivity index (χ3n) is 3.23. The number of hydrogen-bond donors (Lipinski definition) is 2. The standard InChI is InChI=1S/C11H18N6O3/c1-3-13-10(18)8-6-12-4-5-16(8)11-9(17(19)20)14-7-15(11)2/h7-8,12H,3-6H2,1-2H3,(H,13,18). The van der Waals surface area contributed by atoms with Gasteiger partial charge in [0.05, 0.1) is 0 Å². The molecule has 0 spiro atoms. The second-order valence-electron chi connectivity index (χ2n) is 4.57. The summed E-state index contributed by atoms with van der Waals surface area (Å²) in [4.78, 5) is 28.2. The van der Waals surface area contributed by atoms with Crippen LogP contribution < -0.4 is 15.5 Å². The molecule has 1 aliphatic heterocycles. The van der Waals surface area contributed by atoms with Crippen molar-refractivity contribution in [3.8, 4) is 0 Å². The van der Waals surface area contributed by atoms with E-state index < -0.39 is 11.0 Å². The Hall–Kier alpha value is -2.16. The number of aromatic nitrogens is 2. The number of carbonyl (C=O) groups is 1. The first-order chi connectivity index (χ1) is 9.56. The molecule has 1 amide bonds. The zero-order valence-corrected chi connectivity index (χ0v) is 11.5. The summed E-state index contributed by atoms with van der Waals surface area (Å²) in [7, 11) is 1.69. The molecule has 1 fully saturated rings. The van der Waals surface area contributed by atoms with Crippen LogP contribution in [0.5, 0.6) is 0 Å². The van der Waals surface area contributed by atoms with Gasteiger partial charge in [0.2, 0.25) is 18.1 Å². The van der Waals surface area contributed by atoms with Gasteiger partial charge >= 0.3 is 5.82 Å². The number of amides is 1. The van der Waals surface area contributed by atoms with Crippen LogP contribution in [0.2, 0.25) is 0 Å². The maximum Gasteiger partial charge on any atom is 0.406 e. The molecule has 0 aromatic carbocycles. The van der Waals surface area contributed by atoms with Gasteiger partial charge in [-0.15, -0.1) is 0 Å². The molecule has 0 aliphatic carbocycles. The van der Waals surface area contributed by atoms with E-state index in [1.165, 1.54) is 6.33 Å². The third-order valence-corrected chi connectivity index (χ3v) is 3.23. The average molecular weight is 282 g/mol. The molecular formula is C11H18N6O3. The molecule has 9 heteroatoms. The number of likely N-dealkylation sites (N-methyl/N-ethyl adjacent to an activating group) is 1. The van der Waals surface area contributed by atoms with Crippen LogP contribution in [0.3, 0.4) is 0 Å². The number of anilines is 1. The minimum absolute atomic E-state index is 0.143. The van der Waals surface area contributed by atoms with Gasteiger partial charge < -0.3 is 25.6 Å². The quantitative estimate of drug-likeness (QED) is 0.555. The number of rotatable bonds is 4. The molecular weight excluding hydrogens is 264 g/mol. The second-order valence-corrected chi connectivity index (χ2v) is 4.57. The smallest absolute Gasteiger partial charge is 0.358 e. The normalized spacial score (nSPS) is 18.9. The highest BCUT2D eigenvalue weighted by Gasteiger charge is 2.35. The summed E-state index contributed by atoms with van der Waals surface area (Å²) < 4.78 is 1.58. The van der Waals surface area contributed by atoms with E-state index in [2.05, 4.69) is 15.6 Å². The van der Waals surface area contributed by atoms with E-state index in [4.69, 9.17) is 0 Å². The lowest BCUT2D eigenvalue weighted by Crippen LogP contribution is -2.58. The Morgan fingerprint density at radius 3 is 3.10 bits per heavy atom. The first kappa shape index (κ1) is 14.3. The first-order valence-corrected chi connectivity index (χ1v) is 6.47. The molecule has 20 heavy (non-hydrogen) atoms. The van der Waals surface area contributed by atoms with Gasteiger partial charge in [-0.3, -0.25) is 9.36 Å². The highest BCUT2D eigenvalue weighted by atomic mass is 16.6. The molecule has 1 unspecified atom stereocenters. The van der Waals surface area contributed by atoms with Crippen LogP contribution in [0.15, 0.2) is 6.33 Å². The molecule has 0 radical (unpaired) electrons. The van der Waals surface area contributed by atoms with Crippen LogP contribution in [0.4, 0.5) is 11.6 Å². The average Bonchev–Trinajstić information content (AvgIpc) is 2.81. The predicted molar refractivity (Wildman–Crippen MR) is 72.5 cm³/mol.